The van der Waals surface area contributed by atoms with E-state index in [2.05, 4.69) is 14.8 Å². The van der Waals surface area contributed by atoms with Crippen molar-refractivity contribution in [2.45, 2.75) is 26.4 Å². The van der Waals surface area contributed by atoms with Crippen LogP contribution in [0.15, 0.2) is 0 Å². The Bertz CT molecular complexity index is 349. The van der Waals surface area contributed by atoms with Crippen molar-refractivity contribution in [2.24, 2.45) is 5.92 Å². The summed E-state index contributed by atoms with van der Waals surface area (Å²) in [5, 5.41) is 3.13. The van der Waals surface area contributed by atoms with Gasteiger partial charge in [-0.2, -0.15) is 13.1 Å². The molecule has 0 aromatic heterocycles. The fourth-order valence-electron chi connectivity index (χ4n) is 1.50. The molecule has 17 heavy (non-hydrogen) atoms. The molecule has 0 spiro atoms. The van der Waals surface area contributed by atoms with E-state index in [4.69, 9.17) is 0 Å². The van der Waals surface area contributed by atoms with E-state index in [9.17, 15) is 13.2 Å². The zero-order valence-electron chi connectivity index (χ0n) is 10.0. The normalized spacial score (nSPS) is 20.5. The standard InChI is InChI=1S/C9H19N3O4S/c1-7(2)16-9(13)12-17(14,15)11-6-8-3-4-10-5-8/h7-8,10-11H,3-6H2,1-2H3,(H,12,13). The van der Waals surface area contributed by atoms with E-state index in [-0.39, 0.29) is 12.0 Å². The number of amides is 1. The van der Waals surface area contributed by atoms with Gasteiger partial charge < -0.3 is 10.1 Å². The Morgan fingerprint density at radius 2 is 2.24 bits per heavy atom. The first-order valence-electron chi connectivity index (χ1n) is 5.58. The molecule has 3 N–H and O–H groups in total. The van der Waals surface area contributed by atoms with E-state index in [1.807, 2.05) is 0 Å². The minimum atomic E-state index is -3.82. The third kappa shape index (κ3) is 5.85. The average Bonchev–Trinajstić information content (AvgIpc) is 2.64. The Labute approximate surface area is 101 Å². The van der Waals surface area contributed by atoms with Gasteiger partial charge in [-0.15, -0.1) is 0 Å². The van der Waals surface area contributed by atoms with Crippen molar-refractivity contribution < 1.29 is 17.9 Å². The highest BCUT2D eigenvalue weighted by atomic mass is 32.2. The van der Waals surface area contributed by atoms with Gasteiger partial charge in [0.25, 0.3) is 0 Å². The summed E-state index contributed by atoms with van der Waals surface area (Å²) < 4.78 is 31.7. The van der Waals surface area contributed by atoms with Crippen LogP contribution in [0.3, 0.4) is 0 Å². The maximum Gasteiger partial charge on any atom is 0.422 e. The molecule has 7 nitrogen and oxygen atoms in total. The van der Waals surface area contributed by atoms with Gasteiger partial charge in [-0.1, -0.05) is 0 Å². The Morgan fingerprint density at radius 1 is 1.53 bits per heavy atom. The zero-order chi connectivity index (χ0) is 12.9. The highest BCUT2D eigenvalue weighted by molar-refractivity contribution is 7.88. The predicted molar refractivity (Wildman–Crippen MR) is 62.7 cm³/mol. The molecule has 0 aromatic carbocycles. The molecule has 0 aromatic rings. The molecule has 1 amide bonds. The van der Waals surface area contributed by atoms with Crippen molar-refractivity contribution in [2.75, 3.05) is 19.6 Å². The van der Waals surface area contributed by atoms with Crippen LogP contribution in [0, 0.1) is 5.92 Å². The van der Waals surface area contributed by atoms with Crippen molar-refractivity contribution in [3.05, 3.63) is 0 Å². The monoisotopic (exact) mass is 265 g/mol. The first-order valence-corrected chi connectivity index (χ1v) is 7.06. The first-order chi connectivity index (χ1) is 7.89. The minimum absolute atomic E-state index is 0.271. The summed E-state index contributed by atoms with van der Waals surface area (Å²) in [6.45, 7) is 5.29. The summed E-state index contributed by atoms with van der Waals surface area (Å²) in [5.41, 5.74) is 0. The fourth-order valence-corrected chi connectivity index (χ4v) is 2.29. The Hall–Kier alpha value is -0.860. The van der Waals surface area contributed by atoms with Gasteiger partial charge in [-0.3, -0.25) is 0 Å². The summed E-state index contributed by atoms with van der Waals surface area (Å²) in [4.78, 5) is 11.1. The summed E-state index contributed by atoms with van der Waals surface area (Å²) in [6, 6.07) is 0. The molecule has 0 bridgehead atoms. The van der Waals surface area contributed by atoms with Crippen LogP contribution < -0.4 is 14.8 Å². The van der Waals surface area contributed by atoms with Crippen LogP contribution in [0.25, 0.3) is 0 Å². The van der Waals surface area contributed by atoms with Crippen LogP contribution in [0.4, 0.5) is 4.79 Å². The van der Waals surface area contributed by atoms with Gasteiger partial charge in [0, 0.05) is 6.54 Å². The molecule has 1 fully saturated rings. The second-order valence-corrected chi connectivity index (χ2v) is 5.77. The number of hydrogen-bond acceptors (Lipinski definition) is 5. The van der Waals surface area contributed by atoms with Gasteiger partial charge in [-0.05, 0) is 39.3 Å². The van der Waals surface area contributed by atoms with E-state index in [1.54, 1.807) is 18.6 Å². The van der Waals surface area contributed by atoms with Crippen molar-refractivity contribution in [1.29, 1.82) is 0 Å². The number of ether oxygens (including phenoxy) is 1. The van der Waals surface area contributed by atoms with Gasteiger partial charge in [0.05, 0.1) is 6.10 Å². The predicted octanol–water partition coefficient (Wildman–Crippen LogP) is -0.435. The lowest BCUT2D eigenvalue weighted by molar-refractivity contribution is 0.121. The van der Waals surface area contributed by atoms with Crippen LogP contribution >= 0.6 is 0 Å². The third-order valence-electron chi connectivity index (χ3n) is 2.28. The third-order valence-corrected chi connectivity index (χ3v) is 3.27. The number of carbonyl (C=O) groups is 1. The molecular weight excluding hydrogens is 246 g/mol. The van der Waals surface area contributed by atoms with Crippen molar-refractivity contribution in [1.82, 2.24) is 14.8 Å². The number of nitrogens with one attached hydrogen (secondary N) is 3. The summed E-state index contributed by atoms with van der Waals surface area (Å²) in [7, 11) is -3.82. The van der Waals surface area contributed by atoms with Gasteiger partial charge in [0.1, 0.15) is 0 Å². The molecule has 0 saturated carbocycles. The Balaban J connectivity index is 2.32. The molecule has 8 heteroatoms. The van der Waals surface area contributed by atoms with Gasteiger partial charge >= 0.3 is 16.3 Å². The first kappa shape index (κ1) is 14.2. The smallest absolute Gasteiger partial charge is 0.422 e. The van der Waals surface area contributed by atoms with E-state index in [0.29, 0.717) is 6.54 Å². The van der Waals surface area contributed by atoms with E-state index in [0.717, 1.165) is 19.5 Å². The molecule has 100 valence electrons. The van der Waals surface area contributed by atoms with E-state index >= 15 is 0 Å². The summed E-state index contributed by atoms with van der Waals surface area (Å²) in [6.07, 6.45) is -0.389. The van der Waals surface area contributed by atoms with Crippen molar-refractivity contribution >= 4 is 16.3 Å². The van der Waals surface area contributed by atoms with Crippen LogP contribution in [-0.2, 0) is 14.9 Å². The van der Waals surface area contributed by atoms with Gasteiger partial charge in [0.2, 0.25) is 0 Å². The Morgan fingerprint density at radius 3 is 2.76 bits per heavy atom. The largest absolute Gasteiger partial charge is 0.446 e. The number of carbonyl (C=O) groups excluding carboxylic acids is 1. The molecule has 1 aliphatic heterocycles. The van der Waals surface area contributed by atoms with Crippen LogP contribution in [0.1, 0.15) is 20.3 Å². The maximum absolute atomic E-state index is 11.4. The fraction of sp³-hybridized carbons (Fsp3) is 0.889. The quantitative estimate of drug-likeness (QED) is 0.626. The summed E-state index contributed by atoms with van der Waals surface area (Å²) >= 11 is 0. The lowest BCUT2D eigenvalue weighted by atomic mass is 10.1. The zero-order valence-corrected chi connectivity index (χ0v) is 10.8. The lowest BCUT2D eigenvalue weighted by Crippen LogP contribution is -2.43. The second kappa shape index (κ2) is 6.18. The van der Waals surface area contributed by atoms with Crippen LogP contribution in [-0.4, -0.2) is 40.2 Å². The van der Waals surface area contributed by atoms with E-state index < -0.39 is 16.3 Å². The van der Waals surface area contributed by atoms with Gasteiger partial charge in [0.15, 0.2) is 0 Å². The molecular formula is C9H19N3O4S. The number of rotatable bonds is 5. The van der Waals surface area contributed by atoms with Gasteiger partial charge in [-0.25, -0.2) is 9.52 Å². The summed E-state index contributed by atoms with van der Waals surface area (Å²) in [5.74, 6) is 0.271. The molecule has 1 heterocycles. The highest BCUT2D eigenvalue weighted by Crippen LogP contribution is 2.05. The van der Waals surface area contributed by atoms with Crippen molar-refractivity contribution in [3.63, 3.8) is 0 Å². The molecule has 0 aliphatic carbocycles. The molecule has 1 rings (SSSR count). The maximum atomic E-state index is 11.4. The highest BCUT2D eigenvalue weighted by Gasteiger charge is 2.20. The number of hydrogen-bond donors (Lipinski definition) is 3. The second-order valence-electron chi connectivity index (χ2n) is 4.27. The van der Waals surface area contributed by atoms with Crippen LogP contribution in [0.5, 0.6) is 0 Å². The molecule has 1 saturated heterocycles. The minimum Gasteiger partial charge on any atom is -0.446 e. The molecule has 0 radical (unpaired) electrons. The Kier molecular flexibility index (Phi) is 5.16. The van der Waals surface area contributed by atoms with E-state index in [1.165, 1.54) is 0 Å². The lowest BCUT2D eigenvalue weighted by Gasteiger charge is -2.12. The van der Waals surface area contributed by atoms with Crippen molar-refractivity contribution in [3.8, 4) is 0 Å². The molecule has 1 aliphatic rings. The molecule has 1 atom stereocenters. The topological polar surface area (TPSA) is 96.5 Å². The SMILES string of the molecule is CC(C)OC(=O)NS(=O)(=O)NCC1CCNC1. The average molecular weight is 265 g/mol. The molecule has 1 unspecified atom stereocenters. The van der Waals surface area contributed by atoms with Crippen LogP contribution in [0.2, 0.25) is 0 Å².